The van der Waals surface area contributed by atoms with Gasteiger partial charge < -0.3 is 10.2 Å². The van der Waals surface area contributed by atoms with Gasteiger partial charge in [-0.3, -0.25) is 9.69 Å². The molecule has 0 aromatic carbocycles. The molecule has 3 rings (SSSR count). The molecule has 1 amide bonds. The van der Waals surface area contributed by atoms with Crippen molar-refractivity contribution in [3.63, 3.8) is 0 Å². The standard InChI is InChI=1S/C17H28N4OS.2ClH/c1-12-13(2)21(9-6-18-12)17(22)15-4-7-20(8-5-15)10-16-11-23-14(3)19-16;;/h11-13,15,18H,4-10H2,1-3H3;2*1H. The van der Waals surface area contributed by atoms with E-state index in [2.05, 4.69) is 46.3 Å². The van der Waals surface area contributed by atoms with E-state index in [1.165, 1.54) is 5.69 Å². The first-order valence-corrected chi connectivity index (χ1v) is 9.60. The van der Waals surface area contributed by atoms with Crippen LogP contribution in [0, 0.1) is 12.8 Å². The lowest BCUT2D eigenvalue weighted by atomic mass is 9.93. The number of thiazole rings is 1. The fraction of sp³-hybridized carbons (Fsp3) is 0.765. The van der Waals surface area contributed by atoms with Gasteiger partial charge in [0, 0.05) is 43.0 Å². The lowest BCUT2D eigenvalue weighted by Crippen LogP contribution is -2.58. The molecule has 1 aromatic rings. The van der Waals surface area contributed by atoms with Crippen molar-refractivity contribution in [2.45, 2.75) is 52.2 Å². The molecule has 8 heteroatoms. The molecule has 0 saturated carbocycles. The van der Waals surface area contributed by atoms with Crippen LogP contribution in [0.15, 0.2) is 5.38 Å². The minimum Gasteiger partial charge on any atom is -0.337 e. The predicted molar refractivity (Wildman–Crippen MR) is 108 cm³/mol. The van der Waals surface area contributed by atoms with Crippen molar-refractivity contribution in [2.24, 2.45) is 5.92 Å². The van der Waals surface area contributed by atoms with Crippen LogP contribution in [-0.4, -0.2) is 59.0 Å². The molecule has 2 aliphatic heterocycles. The summed E-state index contributed by atoms with van der Waals surface area (Å²) in [5.41, 5.74) is 1.17. The van der Waals surface area contributed by atoms with Gasteiger partial charge in [-0.05, 0) is 46.7 Å². The third-order valence-electron chi connectivity index (χ3n) is 5.31. The van der Waals surface area contributed by atoms with Crippen LogP contribution >= 0.6 is 36.2 Å². The highest BCUT2D eigenvalue weighted by Crippen LogP contribution is 2.23. The minimum atomic E-state index is 0. The van der Waals surface area contributed by atoms with E-state index < -0.39 is 0 Å². The monoisotopic (exact) mass is 408 g/mol. The van der Waals surface area contributed by atoms with Gasteiger partial charge in [-0.2, -0.15) is 0 Å². The van der Waals surface area contributed by atoms with Crippen LogP contribution < -0.4 is 5.32 Å². The molecule has 3 heterocycles. The number of halogens is 2. The lowest BCUT2D eigenvalue weighted by Gasteiger charge is -2.41. The van der Waals surface area contributed by atoms with Gasteiger partial charge in [0.1, 0.15) is 0 Å². The Bertz CT molecular complexity index is 549. The summed E-state index contributed by atoms with van der Waals surface area (Å²) in [6, 6.07) is 0.688. The van der Waals surface area contributed by atoms with E-state index in [0.717, 1.165) is 50.6 Å². The van der Waals surface area contributed by atoms with E-state index in [1.807, 2.05) is 0 Å². The molecule has 0 bridgehead atoms. The second-order valence-electron chi connectivity index (χ2n) is 6.92. The first kappa shape index (κ1) is 22.6. The summed E-state index contributed by atoms with van der Waals surface area (Å²) < 4.78 is 0. The van der Waals surface area contributed by atoms with Gasteiger partial charge in [0.25, 0.3) is 0 Å². The Kier molecular flexibility index (Phi) is 9.12. The normalized spacial score (nSPS) is 25.2. The second kappa shape index (κ2) is 10.1. The van der Waals surface area contributed by atoms with E-state index in [0.29, 0.717) is 18.0 Å². The Balaban J connectivity index is 0.00000156. The molecule has 1 aromatic heterocycles. The van der Waals surface area contributed by atoms with E-state index in [1.54, 1.807) is 11.3 Å². The average Bonchev–Trinajstić information content (AvgIpc) is 2.95. The van der Waals surface area contributed by atoms with Gasteiger partial charge in [-0.15, -0.1) is 36.2 Å². The number of nitrogens with zero attached hydrogens (tertiary/aromatic N) is 3. The number of piperidine rings is 1. The summed E-state index contributed by atoms with van der Waals surface area (Å²) >= 11 is 1.71. The maximum atomic E-state index is 12.8. The van der Waals surface area contributed by atoms with Gasteiger partial charge in [0.2, 0.25) is 5.91 Å². The quantitative estimate of drug-likeness (QED) is 0.834. The van der Waals surface area contributed by atoms with E-state index >= 15 is 0 Å². The Morgan fingerprint density at radius 1 is 1.28 bits per heavy atom. The number of hydrogen-bond donors (Lipinski definition) is 1. The number of aromatic nitrogens is 1. The second-order valence-corrected chi connectivity index (χ2v) is 7.99. The highest BCUT2D eigenvalue weighted by atomic mass is 35.5. The smallest absolute Gasteiger partial charge is 0.226 e. The molecule has 144 valence electrons. The van der Waals surface area contributed by atoms with Crippen molar-refractivity contribution >= 4 is 42.1 Å². The maximum Gasteiger partial charge on any atom is 0.226 e. The molecule has 25 heavy (non-hydrogen) atoms. The van der Waals surface area contributed by atoms with Gasteiger partial charge in [0.15, 0.2) is 0 Å². The fourth-order valence-electron chi connectivity index (χ4n) is 3.65. The molecule has 2 atom stereocenters. The number of nitrogens with one attached hydrogen (secondary N) is 1. The molecule has 2 unspecified atom stereocenters. The van der Waals surface area contributed by atoms with Gasteiger partial charge in [0.05, 0.1) is 10.7 Å². The van der Waals surface area contributed by atoms with Gasteiger partial charge in [-0.25, -0.2) is 4.98 Å². The zero-order valence-corrected chi connectivity index (χ0v) is 17.7. The zero-order valence-electron chi connectivity index (χ0n) is 15.2. The maximum absolute atomic E-state index is 12.8. The molecule has 0 radical (unpaired) electrons. The molecule has 0 aliphatic carbocycles. The van der Waals surface area contributed by atoms with Crippen molar-refractivity contribution in [1.29, 1.82) is 0 Å². The Morgan fingerprint density at radius 3 is 2.56 bits per heavy atom. The number of carbonyl (C=O) groups excluding carboxylic acids is 1. The van der Waals surface area contributed by atoms with Crippen molar-refractivity contribution in [3.05, 3.63) is 16.1 Å². The Labute approximate surface area is 167 Å². The van der Waals surface area contributed by atoms with Crippen LogP contribution in [-0.2, 0) is 11.3 Å². The predicted octanol–water partition coefficient (Wildman–Crippen LogP) is 2.72. The van der Waals surface area contributed by atoms with Crippen LogP contribution in [0.25, 0.3) is 0 Å². The van der Waals surface area contributed by atoms with Crippen LogP contribution in [0.5, 0.6) is 0 Å². The average molecular weight is 409 g/mol. The third-order valence-corrected chi connectivity index (χ3v) is 6.13. The lowest BCUT2D eigenvalue weighted by molar-refractivity contribution is -0.140. The first-order chi connectivity index (χ1) is 11.0. The first-order valence-electron chi connectivity index (χ1n) is 8.72. The molecule has 1 N–H and O–H groups in total. The number of rotatable bonds is 3. The molecular formula is C17H30Cl2N4OS. The summed E-state index contributed by atoms with van der Waals surface area (Å²) in [5, 5.41) is 6.73. The summed E-state index contributed by atoms with van der Waals surface area (Å²) in [6.07, 6.45) is 1.96. The number of piperazine rings is 1. The number of hydrogen-bond acceptors (Lipinski definition) is 5. The number of carbonyl (C=O) groups is 1. The van der Waals surface area contributed by atoms with E-state index in [9.17, 15) is 4.79 Å². The summed E-state index contributed by atoms with van der Waals surface area (Å²) in [7, 11) is 0. The molecule has 2 saturated heterocycles. The largest absolute Gasteiger partial charge is 0.337 e. The van der Waals surface area contributed by atoms with Crippen LogP contribution in [0.4, 0.5) is 0 Å². The topological polar surface area (TPSA) is 48.5 Å². The SMILES string of the molecule is Cc1nc(CN2CCC(C(=O)N3CCNC(C)C3C)CC2)cs1.Cl.Cl. The van der Waals surface area contributed by atoms with Crippen molar-refractivity contribution in [1.82, 2.24) is 20.1 Å². The minimum absolute atomic E-state index is 0. The van der Waals surface area contributed by atoms with Gasteiger partial charge >= 0.3 is 0 Å². The molecule has 2 fully saturated rings. The van der Waals surface area contributed by atoms with Crippen molar-refractivity contribution in [3.8, 4) is 0 Å². The van der Waals surface area contributed by atoms with E-state index in [-0.39, 0.29) is 30.7 Å². The summed E-state index contributed by atoms with van der Waals surface area (Å²) in [4.78, 5) is 21.9. The highest BCUT2D eigenvalue weighted by Gasteiger charge is 2.34. The van der Waals surface area contributed by atoms with Crippen LogP contribution in [0.3, 0.4) is 0 Å². The zero-order chi connectivity index (χ0) is 16.4. The molecule has 2 aliphatic rings. The van der Waals surface area contributed by atoms with Crippen molar-refractivity contribution in [2.75, 3.05) is 26.2 Å². The Hall–Kier alpha value is -0.400. The Morgan fingerprint density at radius 2 is 1.96 bits per heavy atom. The summed E-state index contributed by atoms with van der Waals surface area (Å²) in [6.45, 7) is 11.1. The van der Waals surface area contributed by atoms with Crippen molar-refractivity contribution < 1.29 is 4.79 Å². The third kappa shape index (κ3) is 5.54. The van der Waals surface area contributed by atoms with Crippen LogP contribution in [0.2, 0.25) is 0 Å². The van der Waals surface area contributed by atoms with Crippen LogP contribution in [0.1, 0.15) is 37.4 Å². The number of aryl methyl sites for hydroxylation is 1. The molecular weight excluding hydrogens is 379 g/mol. The van der Waals surface area contributed by atoms with Gasteiger partial charge in [-0.1, -0.05) is 0 Å². The van der Waals surface area contributed by atoms with E-state index in [4.69, 9.17) is 0 Å². The molecule has 0 spiro atoms. The fourth-order valence-corrected chi connectivity index (χ4v) is 4.25. The molecule has 5 nitrogen and oxygen atoms in total. The highest BCUT2D eigenvalue weighted by molar-refractivity contribution is 7.09. The number of amides is 1. The summed E-state index contributed by atoms with van der Waals surface area (Å²) in [5.74, 6) is 0.575. The number of likely N-dealkylation sites (tertiary alicyclic amines) is 1.